The number of nitrogens with zero attached hydrogens (tertiary/aromatic N) is 1. The van der Waals surface area contributed by atoms with Crippen LogP contribution in [0.2, 0.25) is 0 Å². The molecule has 1 fully saturated rings. The lowest BCUT2D eigenvalue weighted by molar-refractivity contribution is 0.0243. The first-order valence-corrected chi connectivity index (χ1v) is 7.83. The van der Waals surface area contributed by atoms with Crippen LogP contribution in [0.5, 0.6) is 0 Å². The molecule has 2 rings (SSSR count). The maximum atomic E-state index is 5.81. The Morgan fingerprint density at radius 2 is 2.14 bits per heavy atom. The first kappa shape index (κ1) is 15.8. The van der Waals surface area contributed by atoms with Gasteiger partial charge in [-0.25, -0.2) is 4.99 Å². The lowest BCUT2D eigenvalue weighted by atomic mass is 10.0. The summed E-state index contributed by atoms with van der Waals surface area (Å²) in [6.07, 6.45) is 2.26. The third kappa shape index (κ3) is 4.74. The van der Waals surface area contributed by atoms with Crippen molar-refractivity contribution < 1.29 is 4.74 Å². The van der Waals surface area contributed by atoms with Crippen LogP contribution < -0.4 is 10.6 Å². The van der Waals surface area contributed by atoms with Gasteiger partial charge in [-0.05, 0) is 44.7 Å². The maximum Gasteiger partial charge on any atom is 0.191 e. The van der Waals surface area contributed by atoms with E-state index in [9.17, 15) is 0 Å². The number of ether oxygens (including phenoxy) is 1. The summed E-state index contributed by atoms with van der Waals surface area (Å²) >= 11 is 0. The van der Waals surface area contributed by atoms with Gasteiger partial charge in [0.05, 0.1) is 12.1 Å². The van der Waals surface area contributed by atoms with Crippen LogP contribution in [-0.4, -0.2) is 31.3 Å². The van der Waals surface area contributed by atoms with E-state index in [4.69, 9.17) is 4.74 Å². The van der Waals surface area contributed by atoms with E-state index in [2.05, 4.69) is 60.7 Å². The molecule has 1 heterocycles. The van der Waals surface area contributed by atoms with Crippen LogP contribution in [0, 0.1) is 6.92 Å². The second-order valence-corrected chi connectivity index (χ2v) is 5.88. The van der Waals surface area contributed by atoms with E-state index in [1.807, 2.05) is 0 Å². The summed E-state index contributed by atoms with van der Waals surface area (Å²) in [5, 5.41) is 6.70. The van der Waals surface area contributed by atoms with E-state index >= 15 is 0 Å². The quantitative estimate of drug-likeness (QED) is 0.647. The second-order valence-electron chi connectivity index (χ2n) is 5.88. The summed E-state index contributed by atoms with van der Waals surface area (Å²) in [5.41, 5.74) is 2.49. The van der Waals surface area contributed by atoms with Crippen LogP contribution in [-0.2, 0) is 11.3 Å². The minimum atomic E-state index is -0.0567. The van der Waals surface area contributed by atoms with E-state index in [1.165, 1.54) is 11.1 Å². The molecule has 4 heteroatoms. The van der Waals surface area contributed by atoms with Gasteiger partial charge in [0, 0.05) is 19.7 Å². The van der Waals surface area contributed by atoms with Gasteiger partial charge in [0.2, 0.25) is 0 Å². The Hall–Kier alpha value is -1.55. The van der Waals surface area contributed by atoms with Gasteiger partial charge < -0.3 is 15.4 Å². The lowest BCUT2D eigenvalue weighted by Crippen LogP contribution is -2.45. The lowest BCUT2D eigenvalue weighted by Gasteiger charge is -2.24. The average Bonchev–Trinajstić information content (AvgIpc) is 2.91. The third-order valence-electron chi connectivity index (χ3n) is 3.94. The molecule has 1 aliphatic rings. The Bertz CT molecular complexity index is 479. The number of aryl methyl sites for hydroxylation is 1. The van der Waals surface area contributed by atoms with E-state index in [0.717, 1.165) is 38.5 Å². The van der Waals surface area contributed by atoms with Crippen LogP contribution in [0.4, 0.5) is 0 Å². The Morgan fingerprint density at radius 3 is 2.81 bits per heavy atom. The topological polar surface area (TPSA) is 45.7 Å². The molecule has 1 atom stereocenters. The van der Waals surface area contributed by atoms with Gasteiger partial charge in [-0.1, -0.05) is 24.3 Å². The molecular weight excluding hydrogens is 262 g/mol. The van der Waals surface area contributed by atoms with Gasteiger partial charge in [0.15, 0.2) is 5.96 Å². The Kier molecular flexibility index (Phi) is 5.62. The van der Waals surface area contributed by atoms with Crippen LogP contribution in [0.1, 0.15) is 37.8 Å². The summed E-state index contributed by atoms with van der Waals surface area (Å²) in [7, 11) is 0. The molecule has 116 valence electrons. The first-order chi connectivity index (χ1) is 10.1. The van der Waals surface area contributed by atoms with Crippen molar-refractivity contribution in [1.29, 1.82) is 0 Å². The minimum absolute atomic E-state index is 0.0567. The van der Waals surface area contributed by atoms with Crippen LogP contribution in [0.25, 0.3) is 0 Å². The Balaban J connectivity index is 1.94. The number of hydrogen-bond acceptors (Lipinski definition) is 2. The van der Waals surface area contributed by atoms with Crippen molar-refractivity contribution >= 4 is 5.96 Å². The van der Waals surface area contributed by atoms with Crippen LogP contribution in [0.15, 0.2) is 29.3 Å². The van der Waals surface area contributed by atoms with Crippen molar-refractivity contribution in [3.63, 3.8) is 0 Å². The first-order valence-electron chi connectivity index (χ1n) is 7.83. The fourth-order valence-corrected chi connectivity index (χ4v) is 2.54. The second kappa shape index (κ2) is 7.46. The van der Waals surface area contributed by atoms with Crippen molar-refractivity contribution in [3.05, 3.63) is 35.4 Å². The van der Waals surface area contributed by atoms with Crippen molar-refractivity contribution in [2.75, 3.05) is 19.7 Å². The fourth-order valence-electron chi connectivity index (χ4n) is 2.54. The van der Waals surface area contributed by atoms with Crippen LogP contribution >= 0.6 is 0 Å². The van der Waals surface area contributed by atoms with E-state index in [0.29, 0.717) is 6.54 Å². The molecule has 0 aliphatic carbocycles. The molecule has 0 bridgehead atoms. The predicted octanol–water partition coefficient (Wildman–Crippen LogP) is 2.62. The number of hydrogen-bond donors (Lipinski definition) is 2. The van der Waals surface area contributed by atoms with Crippen molar-refractivity contribution in [1.82, 2.24) is 10.6 Å². The number of aliphatic imine (C=N–C) groups is 1. The molecule has 1 saturated heterocycles. The monoisotopic (exact) mass is 289 g/mol. The standard InChI is InChI=1S/C17H27N3O/c1-4-18-16(20-13-17(3)10-7-11-21-17)19-12-15-9-6-5-8-14(15)2/h5-6,8-9H,4,7,10-13H2,1-3H3,(H2,18,19,20). The van der Waals surface area contributed by atoms with Crippen molar-refractivity contribution in [2.45, 2.75) is 45.8 Å². The van der Waals surface area contributed by atoms with Crippen LogP contribution in [0.3, 0.4) is 0 Å². The molecule has 21 heavy (non-hydrogen) atoms. The zero-order chi connectivity index (χ0) is 15.1. The van der Waals surface area contributed by atoms with Gasteiger partial charge in [-0.2, -0.15) is 0 Å². The highest BCUT2D eigenvalue weighted by Gasteiger charge is 2.29. The average molecular weight is 289 g/mol. The van der Waals surface area contributed by atoms with Gasteiger partial charge >= 0.3 is 0 Å². The predicted molar refractivity (Wildman–Crippen MR) is 87.6 cm³/mol. The molecule has 0 spiro atoms. The van der Waals surface area contributed by atoms with Crippen molar-refractivity contribution in [2.24, 2.45) is 4.99 Å². The maximum absolute atomic E-state index is 5.81. The SMILES string of the molecule is CCNC(=NCc1ccccc1C)NCC1(C)CCCO1. The highest BCUT2D eigenvalue weighted by Crippen LogP contribution is 2.23. The van der Waals surface area contributed by atoms with Gasteiger partial charge in [0.25, 0.3) is 0 Å². The zero-order valence-electron chi connectivity index (χ0n) is 13.4. The normalized spacial score (nSPS) is 22.3. The molecule has 4 nitrogen and oxygen atoms in total. The van der Waals surface area contributed by atoms with Gasteiger partial charge in [-0.3, -0.25) is 0 Å². The van der Waals surface area contributed by atoms with E-state index < -0.39 is 0 Å². The van der Waals surface area contributed by atoms with Gasteiger partial charge in [-0.15, -0.1) is 0 Å². The zero-order valence-corrected chi connectivity index (χ0v) is 13.4. The molecule has 0 aromatic heterocycles. The molecule has 0 radical (unpaired) electrons. The summed E-state index contributed by atoms with van der Waals surface area (Å²) in [6, 6.07) is 8.37. The smallest absolute Gasteiger partial charge is 0.191 e. The Labute approximate surface area is 128 Å². The number of rotatable bonds is 5. The molecule has 0 amide bonds. The summed E-state index contributed by atoms with van der Waals surface area (Å²) < 4.78 is 5.81. The van der Waals surface area contributed by atoms with Crippen molar-refractivity contribution in [3.8, 4) is 0 Å². The largest absolute Gasteiger partial charge is 0.373 e. The van der Waals surface area contributed by atoms with Gasteiger partial charge in [0.1, 0.15) is 0 Å². The fraction of sp³-hybridized carbons (Fsp3) is 0.588. The minimum Gasteiger partial charge on any atom is -0.373 e. The molecule has 2 N–H and O–H groups in total. The summed E-state index contributed by atoms with van der Waals surface area (Å²) in [4.78, 5) is 4.68. The molecule has 1 aliphatic heterocycles. The number of nitrogens with one attached hydrogen (secondary N) is 2. The van der Waals surface area contributed by atoms with E-state index in [-0.39, 0.29) is 5.60 Å². The molecular formula is C17H27N3O. The Morgan fingerprint density at radius 1 is 1.33 bits per heavy atom. The highest BCUT2D eigenvalue weighted by molar-refractivity contribution is 5.79. The summed E-state index contributed by atoms with van der Waals surface area (Å²) in [5.74, 6) is 0.859. The van der Waals surface area contributed by atoms with E-state index in [1.54, 1.807) is 0 Å². The summed E-state index contributed by atoms with van der Waals surface area (Å²) in [6.45, 7) is 9.59. The molecule has 1 unspecified atom stereocenters. The molecule has 1 aromatic carbocycles. The number of benzene rings is 1. The number of guanidine groups is 1. The molecule has 0 saturated carbocycles. The molecule has 1 aromatic rings. The third-order valence-corrected chi connectivity index (χ3v) is 3.94. The highest BCUT2D eigenvalue weighted by atomic mass is 16.5.